The van der Waals surface area contributed by atoms with Crippen molar-refractivity contribution in [2.45, 2.75) is 46.1 Å². The molecule has 1 fully saturated rings. The number of piperidine rings is 1. The van der Waals surface area contributed by atoms with Gasteiger partial charge in [0.1, 0.15) is 11.4 Å². The van der Waals surface area contributed by atoms with E-state index in [2.05, 4.69) is 11.2 Å². The number of aromatic nitrogens is 2. The zero-order valence-electron chi connectivity index (χ0n) is 17.4. The molecule has 2 heterocycles. The van der Waals surface area contributed by atoms with E-state index in [0.717, 1.165) is 22.5 Å². The van der Waals surface area contributed by atoms with Crippen molar-refractivity contribution in [1.82, 2.24) is 14.7 Å². The number of benzene rings is 1. The van der Waals surface area contributed by atoms with Gasteiger partial charge in [0.15, 0.2) is 0 Å². The molecule has 1 aliphatic heterocycles. The summed E-state index contributed by atoms with van der Waals surface area (Å²) in [7, 11) is 0. The summed E-state index contributed by atoms with van der Waals surface area (Å²) in [6, 6.07) is 9.98. The standard InChI is InChI=1S/C23H27N3O3/c1-16(27)23-13-17-14-24-26(19-8-6-5-7-9-19)20(17)12-18(23)10-11-25(15-23)21(28)29-22(2,3)4/h5-9,12,14H,10-11,13,15H2,1-4H3/t23-/m1/s1. The number of nitrogens with zero attached hydrogens (tertiary/aromatic N) is 3. The van der Waals surface area contributed by atoms with Crippen molar-refractivity contribution in [2.75, 3.05) is 13.1 Å². The van der Waals surface area contributed by atoms with Crippen LogP contribution >= 0.6 is 0 Å². The van der Waals surface area contributed by atoms with Gasteiger partial charge in [-0.3, -0.25) is 4.79 Å². The van der Waals surface area contributed by atoms with Crippen LogP contribution in [0.5, 0.6) is 0 Å². The predicted molar refractivity (Wildman–Crippen MR) is 111 cm³/mol. The van der Waals surface area contributed by atoms with Crippen LogP contribution in [0.25, 0.3) is 11.8 Å². The van der Waals surface area contributed by atoms with Crippen LogP contribution in [0.2, 0.25) is 0 Å². The van der Waals surface area contributed by atoms with Crippen molar-refractivity contribution in [3.63, 3.8) is 0 Å². The number of ether oxygens (including phenoxy) is 1. The highest BCUT2D eigenvalue weighted by molar-refractivity contribution is 5.90. The molecule has 152 valence electrons. The summed E-state index contributed by atoms with van der Waals surface area (Å²) in [4.78, 5) is 27.2. The molecular formula is C23H27N3O3. The van der Waals surface area contributed by atoms with Crippen molar-refractivity contribution < 1.29 is 14.3 Å². The molecule has 0 spiro atoms. The topological polar surface area (TPSA) is 64.4 Å². The Bertz CT molecular complexity index is 985. The van der Waals surface area contributed by atoms with Gasteiger partial charge in [-0.05, 0) is 64.3 Å². The number of rotatable bonds is 2. The van der Waals surface area contributed by atoms with Gasteiger partial charge >= 0.3 is 6.09 Å². The second-order valence-corrected chi connectivity index (χ2v) is 8.94. The first-order valence-corrected chi connectivity index (χ1v) is 10.0. The summed E-state index contributed by atoms with van der Waals surface area (Å²) in [5.41, 5.74) is 2.86. The van der Waals surface area contributed by atoms with Crippen LogP contribution in [0.4, 0.5) is 4.79 Å². The van der Waals surface area contributed by atoms with E-state index >= 15 is 0 Å². The molecule has 1 aromatic heterocycles. The number of para-hydroxylation sites is 1. The largest absolute Gasteiger partial charge is 0.444 e. The highest BCUT2D eigenvalue weighted by Gasteiger charge is 2.48. The van der Waals surface area contributed by atoms with E-state index < -0.39 is 11.0 Å². The molecule has 0 bridgehead atoms. The molecule has 0 saturated carbocycles. The van der Waals surface area contributed by atoms with Gasteiger partial charge in [0, 0.05) is 13.1 Å². The molecule has 0 radical (unpaired) electrons. The first kappa shape index (κ1) is 19.4. The zero-order chi connectivity index (χ0) is 20.8. The van der Waals surface area contributed by atoms with Crippen LogP contribution < -0.4 is 0 Å². The molecule has 4 rings (SSSR count). The second-order valence-electron chi connectivity index (χ2n) is 8.94. The van der Waals surface area contributed by atoms with Crippen molar-refractivity contribution in [1.29, 1.82) is 0 Å². The lowest BCUT2D eigenvalue weighted by Crippen LogP contribution is -2.53. The number of Topliss-reactive ketones (excluding diaryl/α,β-unsaturated/α-hetero) is 1. The fourth-order valence-electron chi connectivity index (χ4n) is 4.27. The Hall–Kier alpha value is -2.89. The van der Waals surface area contributed by atoms with E-state index in [4.69, 9.17) is 4.74 Å². The van der Waals surface area contributed by atoms with Gasteiger partial charge < -0.3 is 9.64 Å². The molecule has 1 aromatic carbocycles. The Morgan fingerprint density at radius 3 is 2.55 bits per heavy atom. The average Bonchev–Trinajstić information content (AvgIpc) is 3.07. The Morgan fingerprint density at radius 2 is 1.90 bits per heavy atom. The van der Waals surface area contributed by atoms with E-state index in [1.165, 1.54) is 0 Å². The molecule has 1 amide bonds. The number of carbonyl (C=O) groups excluding carboxylic acids is 2. The van der Waals surface area contributed by atoms with Crippen molar-refractivity contribution in [2.24, 2.45) is 5.41 Å². The maximum Gasteiger partial charge on any atom is 0.410 e. The van der Waals surface area contributed by atoms with Gasteiger partial charge in [0.05, 0.1) is 23.0 Å². The van der Waals surface area contributed by atoms with Crippen LogP contribution in [-0.2, 0) is 16.0 Å². The summed E-state index contributed by atoms with van der Waals surface area (Å²) >= 11 is 0. The van der Waals surface area contributed by atoms with Crippen molar-refractivity contribution in [3.8, 4) is 5.69 Å². The molecule has 1 aliphatic carbocycles. The average molecular weight is 393 g/mol. The van der Waals surface area contributed by atoms with Gasteiger partial charge in [0.25, 0.3) is 0 Å². The third kappa shape index (κ3) is 3.48. The first-order valence-electron chi connectivity index (χ1n) is 10.0. The number of amides is 1. The molecule has 1 atom stereocenters. The third-order valence-electron chi connectivity index (χ3n) is 5.74. The van der Waals surface area contributed by atoms with Gasteiger partial charge in [-0.2, -0.15) is 5.10 Å². The van der Waals surface area contributed by atoms with Crippen LogP contribution in [0, 0.1) is 5.41 Å². The van der Waals surface area contributed by atoms with E-state index in [1.54, 1.807) is 11.8 Å². The van der Waals surface area contributed by atoms with Gasteiger partial charge in [-0.1, -0.05) is 23.8 Å². The smallest absolute Gasteiger partial charge is 0.410 e. The molecule has 0 unspecified atom stereocenters. The maximum absolute atomic E-state index is 12.8. The number of fused-ring (bicyclic) bond motifs is 2. The van der Waals surface area contributed by atoms with Gasteiger partial charge in [-0.25, -0.2) is 9.48 Å². The SMILES string of the molecule is CC(=O)[C@]12Cc3cnn(-c4ccccc4)c3C=C1CCN(C(=O)OC(C)(C)C)C2. The minimum absolute atomic E-state index is 0.0788. The predicted octanol–water partition coefficient (Wildman–Crippen LogP) is 4.03. The lowest BCUT2D eigenvalue weighted by atomic mass is 9.66. The van der Waals surface area contributed by atoms with Gasteiger partial charge in [-0.15, -0.1) is 0 Å². The quantitative estimate of drug-likeness (QED) is 0.773. The molecule has 6 heteroatoms. The monoisotopic (exact) mass is 393 g/mol. The minimum atomic E-state index is -0.702. The Kier molecular flexibility index (Phi) is 4.60. The van der Waals surface area contributed by atoms with Crippen LogP contribution in [-0.4, -0.2) is 45.2 Å². The summed E-state index contributed by atoms with van der Waals surface area (Å²) in [5.74, 6) is 0.0788. The Morgan fingerprint density at radius 1 is 1.17 bits per heavy atom. The fourth-order valence-corrected chi connectivity index (χ4v) is 4.27. The number of likely N-dealkylation sites (tertiary alicyclic amines) is 1. The van der Waals surface area contributed by atoms with E-state index in [-0.39, 0.29) is 11.9 Å². The molecular weight excluding hydrogens is 366 g/mol. The van der Waals surface area contributed by atoms with Crippen LogP contribution in [0.15, 0.2) is 42.1 Å². The first-order chi connectivity index (χ1) is 13.7. The highest BCUT2D eigenvalue weighted by Crippen LogP contribution is 2.45. The lowest BCUT2D eigenvalue weighted by molar-refractivity contribution is -0.126. The zero-order valence-corrected chi connectivity index (χ0v) is 17.4. The van der Waals surface area contributed by atoms with Crippen molar-refractivity contribution >= 4 is 18.0 Å². The van der Waals surface area contributed by atoms with Crippen LogP contribution in [0.3, 0.4) is 0 Å². The third-order valence-corrected chi connectivity index (χ3v) is 5.74. The number of ketones is 1. The maximum atomic E-state index is 12.8. The number of carbonyl (C=O) groups is 2. The van der Waals surface area contributed by atoms with E-state index in [9.17, 15) is 9.59 Å². The molecule has 29 heavy (non-hydrogen) atoms. The molecule has 2 aromatic rings. The van der Waals surface area contributed by atoms with E-state index in [0.29, 0.717) is 25.9 Å². The summed E-state index contributed by atoms with van der Waals surface area (Å²) < 4.78 is 7.48. The molecule has 2 aliphatic rings. The molecule has 6 nitrogen and oxygen atoms in total. The highest BCUT2D eigenvalue weighted by atomic mass is 16.6. The van der Waals surface area contributed by atoms with Crippen LogP contribution in [0.1, 0.15) is 45.4 Å². The second kappa shape index (κ2) is 6.87. The molecule has 0 N–H and O–H groups in total. The van der Waals surface area contributed by atoms with Gasteiger partial charge in [0.2, 0.25) is 0 Å². The fraction of sp³-hybridized carbons (Fsp3) is 0.435. The molecule has 1 saturated heterocycles. The van der Waals surface area contributed by atoms with Crippen molar-refractivity contribution in [3.05, 3.63) is 53.4 Å². The lowest BCUT2D eigenvalue weighted by Gasteiger charge is -2.45. The Balaban J connectivity index is 1.68. The Labute approximate surface area is 171 Å². The number of hydrogen-bond donors (Lipinski definition) is 0. The summed E-state index contributed by atoms with van der Waals surface area (Å²) in [6.07, 6.45) is 4.79. The van der Waals surface area contributed by atoms with E-state index in [1.807, 2.05) is 62.0 Å². The summed E-state index contributed by atoms with van der Waals surface area (Å²) in [5, 5.41) is 4.57. The minimum Gasteiger partial charge on any atom is -0.444 e. The number of hydrogen-bond acceptors (Lipinski definition) is 4. The summed E-state index contributed by atoms with van der Waals surface area (Å²) in [6.45, 7) is 8.08. The normalized spacial score (nSPS) is 21.1.